The number of benzene rings is 1. The second-order valence-electron chi connectivity index (χ2n) is 2.97. The lowest BCUT2D eigenvalue weighted by Crippen LogP contribution is -2.04. The first kappa shape index (κ1) is 10.2. The van der Waals surface area contributed by atoms with Gasteiger partial charge < -0.3 is 10.2 Å². The summed E-state index contributed by atoms with van der Waals surface area (Å²) in [5.41, 5.74) is -0.255. The number of phenolic OH excluding ortho intramolecular Hbond substituents is 2. The predicted molar refractivity (Wildman–Crippen MR) is 49.8 cm³/mol. The lowest BCUT2D eigenvalue weighted by atomic mass is 9.99. The number of hydrogen-bond donors (Lipinski definition) is 2. The van der Waals surface area contributed by atoms with E-state index in [4.69, 9.17) is 0 Å². The third-order valence-corrected chi connectivity index (χ3v) is 1.87. The molecule has 4 heteroatoms. The van der Waals surface area contributed by atoms with Crippen molar-refractivity contribution in [3.05, 3.63) is 23.3 Å². The number of carbonyl (C=O) groups excluding carboxylic acids is 2. The fourth-order valence-electron chi connectivity index (χ4n) is 1.29. The monoisotopic (exact) mass is 194 g/mol. The van der Waals surface area contributed by atoms with Gasteiger partial charge in [-0.1, -0.05) is 0 Å². The summed E-state index contributed by atoms with van der Waals surface area (Å²) in [6.07, 6.45) is 0. The predicted octanol–water partition coefficient (Wildman–Crippen LogP) is 1.50. The Hall–Kier alpha value is -1.84. The Morgan fingerprint density at radius 2 is 1.21 bits per heavy atom. The molecule has 0 radical (unpaired) electrons. The maximum atomic E-state index is 11.1. The topological polar surface area (TPSA) is 74.6 Å². The van der Waals surface area contributed by atoms with Crippen LogP contribution in [0.25, 0.3) is 0 Å². The van der Waals surface area contributed by atoms with Gasteiger partial charge >= 0.3 is 0 Å². The van der Waals surface area contributed by atoms with Crippen molar-refractivity contribution in [1.82, 2.24) is 0 Å². The van der Waals surface area contributed by atoms with Gasteiger partial charge in [-0.2, -0.15) is 0 Å². The molecule has 0 spiro atoms. The largest absolute Gasteiger partial charge is 0.507 e. The molecule has 1 aromatic carbocycles. The first-order valence-corrected chi connectivity index (χ1v) is 4.02. The average molecular weight is 194 g/mol. The summed E-state index contributed by atoms with van der Waals surface area (Å²) in [5, 5.41) is 18.7. The molecule has 0 saturated heterocycles. The number of Topliss-reactive ketones (excluding diaryl/α,β-unsaturated/α-hetero) is 2. The zero-order chi connectivity index (χ0) is 10.9. The first-order valence-electron chi connectivity index (χ1n) is 4.02. The van der Waals surface area contributed by atoms with E-state index >= 15 is 0 Å². The molecule has 1 rings (SSSR count). The molecule has 0 aromatic heterocycles. The third kappa shape index (κ3) is 1.59. The van der Waals surface area contributed by atoms with Gasteiger partial charge in [-0.05, 0) is 26.0 Å². The Labute approximate surface area is 80.8 Å². The van der Waals surface area contributed by atoms with E-state index in [1.165, 1.54) is 26.0 Å². The van der Waals surface area contributed by atoms with Crippen LogP contribution in [-0.4, -0.2) is 21.8 Å². The number of hydrogen-bond acceptors (Lipinski definition) is 4. The fourth-order valence-corrected chi connectivity index (χ4v) is 1.29. The lowest BCUT2D eigenvalue weighted by Gasteiger charge is -2.07. The molecular formula is C10H10O4. The van der Waals surface area contributed by atoms with E-state index in [2.05, 4.69) is 0 Å². The van der Waals surface area contributed by atoms with Crippen molar-refractivity contribution in [2.24, 2.45) is 0 Å². The van der Waals surface area contributed by atoms with Gasteiger partial charge in [-0.25, -0.2) is 0 Å². The summed E-state index contributed by atoms with van der Waals surface area (Å²) < 4.78 is 0. The van der Waals surface area contributed by atoms with E-state index < -0.39 is 11.6 Å². The molecular weight excluding hydrogens is 184 g/mol. The molecule has 0 aliphatic heterocycles. The number of carbonyl (C=O) groups is 2. The molecule has 0 bridgehead atoms. The zero-order valence-corrected chi connectivity index (χ0v) is 7.87. The van der Waals surface area contributed by atoms with Gasteiger partial charge in [-0.15, -0.1) is 0 Å². The standard InChI is InChI=1S/C10H10O4/c1-5(11)9-7(13)3-4-8(14)10(9)6(2)12/h3-4,13-14H,1-2H3. The summed E-state index contributed by atoms with van der Waals surface area (Å²) in [6, 6.07) is 2.36. The van der Waals surface area contributed by atoms with Crippen molar-refractivity contribution in [1.29, 1.82) is 0 Å². The Morgan fingerprint density at radius 1 is 0.929 bits per heavy atom. The van der Waals surface area contributed by atoms with Crippen LogP contribution in [0.1, 0.15) is 34.6 Å². The number of aromatic hydroxyl groups is 2. The van der Waals surface area contributed by atoms with Crippen molar-refractivity contribution >= 4 is 11.6 Å². The van der Waals surface area contributed by atoms with Gasteiger partial charge in [0.1, 0.15) is 11.5 Å². The summed E-state index contributed by atoms with van der Waals surface area (Å²) >= 11 is 0. The molecule has 0 aliphatic carbocycles. The number of phenols is 2. The quantitative estimate of drug-likeness (QED) is 0.552. The maximum absolute atomic E-state index is 11.1. The van der Waals surface area contributed by atoms with E-state index in [-0.39, 0.29) is 22.6 Å². The molecule has 0 heterocycles. The second kappa shape index (κ2) is 3.49. The van der Waals surface area contributed by atoms with E-state index in [1.54, 1.807) is 0 Å². The molecule has 0 fully saturated rings. The smallest absolute Gasteiger partial charge is 0.164 e. The highest BCUT2D eigenvalue weighted by Crippen LogP contribution is 2.29. The van der Waals surface area contributed by atoms with E-state index in [0.717, 1.165) is 0 Å². The van der Waals surface area contributed by atoms with Gasteiger partial charge in [0.15, 0.2) is 11.6 Å². The van der Waals surface area contributed by atoms with Crippen LogP contribution in [0.5, 0.6) is 11.5 Å². The highest BCUT2D eigenvalue weighted by molar-refractivity contribution is 6.10. The van der Waals surface area contributed by atoms with Crippen LogP contribution in [0.3, 0.4) is 0 Å². The number of ketones is 2. The van der Waals surface area contributed by atoms with E-state index in [1.807, 2.05) is 0 Å². The van der Waals surface area contributed by atoms with Crippen LogP contribution >= 0.6 is 0 Å². The average Bonchev–Trinajstić information content (AvgIpc) is 2.07. The van der Waals surface area contributed by atoms with Gasteiger partial charge in [0.2, 0.25) is 0 Å². The molecule has 14 heavy (non-hydrogen) atoms. The van der Waals surface area contributed by atoms with Crippen LogP contribution in [0.15, 0.2) is 12.1 Å². The van der Waals surface area contributed by atoms with E-state index in [9.17, 15) is 19.8 Å². The van der Waals surface area contributed by atoms with Crippen LogP contribution in [0, 0.1) is 0 Å². The van der Waals surface area contributed by atoms with Crippen LogP contribution in [0.4, 0.5) is 0 Å². The SMILES string of the molecule is CC(=O)c1c(O)ccc(O)c1C(C)=O. The maximum Gasteiger partial charge on any atom is 0.164 e. The highest BCUT2D eigenvalue weighted by Gasteiger charge is 2.19. The zero-order valence-electron chi connectivity index (χ0n) is 7.87. The molecule has 0 atom stereocenters. The normalized spacial score (nSPS) is 9.86. The Kier molecular flexibility index (Phi) is 2.56. The summed E-state index contributed by atoms with van der Waals surface area (Å²) in [5.74, 6) is -1.49. The van der Waals surface area contributed by atoms with Crippen molar-refractivity contribution in [3.8, 4) is 11.5 Å². The number of rotatable bonds is 2. The van der Waals surface area contributed by atoms with Gasteiger partial charge in [0.05, 0.1) is 11.1 Å². The summed E-state index contributed by atoms with van der Waals surface area (Å²) in [7, 11) is 0. The Bertz CT molecular complexity index is 368. The summed E-state index contributed by atoms with van der Waals surface area (Å²) in [4.78, 5) is 22.2. The van der Waals surface area contributed by atoms with Crippen LogP contribution in [-0.2, 0) is 0 Å². The van der Waals surface area contributed by atoms with Crippen molar-refractivity contribution < 1.29 is 19.8 Å². The Balaban J connectivity index is 3.58. The fraction of sp³-hybridized carbons (Fsp3) is 0.200. The lowest BCUT2D eigenvalue weighted by molar-refractivity contribution is 0.0976. The van der Waals surface area contributed by atoms with Crippen molar-refractivity contribution in [2.75, 3.05) is 0 Å². The second-order valence-corrected chi connectivity index (χ2v) is 2.97. The molecule has 1 aromatic rings. The molecule has 0 saturated carbocycles. The minimum absolute atomic E-state index is 0.127. The van der Waals surface area contributed by atoms with Crippen LogP contribution < -0.4 is 0 Å². The molecule has 0 aliphatic rings. The third-order valence-electron chi connectivity index (χ3n) is 1.87. The van der Waals surface area contributed by atoms with Gasteiger partial charge in [0.25, 0.3) is 0 Å². The minimum Gasteiger partial charge on any atom is -0.507 e. The first-order chi connectivity index (χ1) is 6.45. The van der Waals surface area contributed by atoms with Gasteiger partial charge in [-0.3, -0.25) is 9.59 Å². The highest BCUT2D eigenvalue weighted by atomic mass is 16.3. The van der Waals surface area contributed by atoms with Crippen LogP contribution in [0.2, 0.25) is 0 Å². The van der Waals surface area contributed by atoms with Gasteiger partial charge in [0, 0.05) is 0 Å². The minimum atomic E-state index is -0.455. The Morgan fingerprint density at radius 3 is 1.43 bits per heavy atom. The van der Waals surface area contributed by atoms with Crippen molar-refractivity contribution in [3.63, 3.8) is 0 Å². The molecule has 0 unspecified atom stereocenters. The van der Waals surface area contributed by atoms with E-state index in [0.29, 0.717) is 0 Å². The summed E-state index contributed by atoms with van der Waals surface area (Å²) in [6.45, 7) is 2.45. The van der Waals surface area contributed by atoms with Crippen molar-refractivity contribution in [2.45, 2.75) is 13.8 Å². The molecule has 4 nitrogen and oxygen atoms in total. The molecule has 0 amide bonds. The molecule has 2 N–H and O–H groups in total. The molecule has 74 valence electrons.